The minimum Gasteiger partial charge on any atom is -0.480 e. The number of carbonyl (C=O) groups excluding carboxylic acids is 2. The van der Waals surface area contributed by atoms with Crippen molar-refractivity contribution in [3.8, 4) is 0 Å². The van der Waals surface area contributed by atoms with Gasteiger partial charge in [-0.1, -0.05) is 0 Å². The molecular weight excluding hydrogens is 278 g/mol. The fourth-order valence-corrected chi connectivity index (χ4v) is 1.30. The molecule has 0 fully saturated rings. The molecule has 0 rings (SSSR count). The van der Waals surface area contributed by atoms with Crippen LogP contribution in [0.1, 0.15) is 34.1 Å². The Morgan fingerprint density at radius 1 is 1.10 bits per heavy atom. The minimum atomic E-state index is -0.871. The van der Waals surface area contributed by atoms with Gasteiger partial charge in [-0.3, -0.25) is 4.79 Å². The zero-order valence-electron chi connectivity index (χ0n) is 12.7. The van der Waals surface area contributed by atoms with E-state index in [9.17, 15) is 14.7 Å². The number of hydrogen-bond donors (Lipinski definition) is 2. The Bertz CT molecular complexity index is 480. The standard InChI is InChI=1S/C13H21N3O5/c1-5-20-12(18)10(13(19)21-6-2)11(14)16-15-8(3)7-9(4)17/h18H,5-7H2,1-4H3,(H2,14,16)/b12-10+,15-8+. The van der Waals surface area contributed by atoms with Gasteiger partial charge in [0.05, 0.1) is 13.2 Å². The maximum Gasteiger partial charge on any atom is 0.349 e. The molecule has 0 aromatic carbocycles. The molecule has 0 saturated heterocycles. The monoisotopic (exact) mass is 299 g/mol. The molecule has 0 aliphatic carbocycles. The molecule has 0 saturated carbocycles. The number of Topliss-reactive ketones (excluding diaryl/α,β-unsaturated/α-hetero) is 1. The lowest BCUT2D eigenvalue weighted by Gasteiger charge is -2.08. The number of ether oxygens (including phenoxy) is 2. The summed E-state index contributed by atoms with van der Waals surface area (Å²) in [5.41, 5.74) is 5.64. The first kappa shape index (κ1) is 18.6. The topological polar surface area (TPSA) is 124 Å². The predicted molar refractivity (Wildman–Crippen MR) is 77.9 cm³/mol. The number of amidine groups is 1. The third-order valence-corrected chi connectivity index (χ3v) is 2.06. The summed E-state index contributed by atoms with van der Waals surface area (Å²) in [5.74, 6) is -1.99. The van der Waals surface area contributed by atoms with Crippen LogP contribution >= 0.6 is 0 Å². The number of aliphatic hydroxyl groups excluding tert-OH is 1. The first-order valence-corrected chi connectivity index (χ1v) is 6.42. The number of hydrogen-bond acceptors (Lipinski definition) is 7. The summed E-state index contributed by atoms with van der Waals surface area (Å²) in [6.45, 7) is 6.47. The van der Waals surface area contributed by atoms with E-state index in [1.54, 1.807) is 20.8 Å². The minimum absolute atomic E-state index is 0.0802. The zero-order chi connectivity index (χ0) is 16.4. The van der Waals surface area contributed by atoms with Crippen LogP contribution in [0, 0.1) is 0 Å². The molecule has 0 unspecified atom stereocenters. The van der Waals surface area contributed by atoms with E-state index in [1.165, 1.54) is 6.92 Å². The van der Waals surface area contributed by atoms with Gasteiger partial charge < -0.3 is 20.3 Å². The van der Waals surface area contributed by atoms with Crippen molar-refractivity contribution in [2.45, 2.75) is 34.1 Å². The second kappa shape index (κ2) is 9.51. The SMILES string of the molecule is CCOC(=O)C(/C(N)=N\N=C(/C)CC(C)=O)=C(\O)OCC. The van der Waals surface area contributed by atoms with Gasteiger partial charge in [-0.2, -0.15) is 5.10 Å². The number of nitrogens with zero attached hydrogens (tertiary/aromatic N) is 2. The molecule has 0 spiro atoms. The summed E-state index contributed by atoms with van der Waals surface area (Å²) in [5, 5.41) is 17.0. The largest absolute Gasteiger partial charge is 0.480 e. The lowest BCUT2D eigenvalue weighted by atomic mass is 10.2. The highest BCUT2D eigenvalue weighted by Gasteiger charge is 2.22. The van der Waals surface area contributed by atoms with Gasteiger partial charge in [0.1, 0.15) is 5.78 Å². The summed E-state index contributed by atoms with van der Waals surface area (Å²) in [6, 6.07) is 0. The Labute approximate surface area is 123 Å². The number of aliphatic hydroxyl groups is 1. The summed E-state index contributed by atoms with van der Waals surface area (Å²) >= 11 is 0. The molecule has 8 heteroatoms. The van der Waals surface area contributed by atoms with Crippen LogP contribution in [0.25, 0.3) is 0 Å². The average Bonchev–Trinajstić information content (AvgIpc) is 2.36. The van der Waals surface area contributed by atoms with Crippen molar-refractivity contribution >= 4 is 23.3 Å². The van der Waals surface area contributed by atoms with E-state index in [2.05, 4.69) is 10.2 Å². The van der Waals surface area contributed by atoms with Gasteiger partial charge in [0.25, 0.3) is 5.95 Å². The lowest BCUT2D eigenvalue weighted by Crippen LogP contribution is -2.25. The van der Waals surface area contributed by atoms with Crippen molar-refractivity contribution in [2.75, 3.05) is 13.2 Å². The number of esters is 1. The van der Waals surface area contributed by atoms with E-state index in [-0.39, 0.29) is 31.3 Å². The van der Waals surface area contributed by atoms with Gasteiger partial charge >= 0.3 is 5.97 Å². The van der Waals surface area contributed by atoms with E-state index in [0.29, 0.717) is 5.71 Å². The fraction of sp³-hybridized carbons (Fsp3) is 0.538. The molecule has 0 amide bonds. The van der Waals surface area contributed by atoms with Gasteiger partial charge in [0, 0.05) is 12.1 Å². The molecule has 21 heavy (non-hydrogen) atoms. The summed E-state index contributed by atoms with van der Waals surface area (Å²) in [7, 11) is 0. The van der Waals surface area contributed by atoms with Gasteiger partial charge in [-0.05, 0) is 27.7 Å². The van der Waals surface area contributed by atoms with Gasteiger partial charge in [-0.15, -0.1) is 5.10 Å². The summed E-state index contributed by atoms with van der Waals surface area (Å²) < 4.78 is 9.60. The lowest BCUT2D eigenvalue weighted by molar-refractivity contribution is -0.138. The molecule has 0 aliphatic heterocycles. The van der Waals surface area contributed by atoms with Gasteiger partial charge in [0.2, 0.25) is 0 Å². The quantitative estimate of drug-likeness (QED) is 0.172. The maximum absolute atomic E-state index is 11.7. The maximum atomic E-state index is 11.7. The number of nitrogens with two attached hydrogens (primary N) is 1. The molecule has 0 bridgehead atoms. The molecule has 0 atom stereocenters. The molecule has 118 valence electrons. The fourth-order valence-electron chi connectivity index (χ4n) is 1.30. The van der Waals surface area contributed by atoms with Crippen LogP contribution < -0.4 is 5.73 Å². The van der Waals surface area contributed by atoms with Crippen LogP contribution in [0.2, 0.25) is 0 Å². The van der Waals surface area contributed by atoms with E-state index >= 15 is 0 Å². The third kappa shape index (κ3) is 7.09. The first-order valence-electron chi connectivity index (χ1n) is 6.42. The molecular formula is C13H21N3O5. The second-order valence-electron chi connectivity index (χ2n) is 4.03. The molecule has 0 aromatic rings. The van der Waals surface area contributed by atoms with Crippen LogP contribution in [0.3, 0.4) is 0 Å². The number of carbonyl (C=O) groups is 2. The van der Waals surface area contributed by atoms with Gasteiger partial charge in [0.15, 0.2) is 11.4 Å². The van der Waals surface area contributed by atoms with Crippen molar-refractivity contribution in [3.63, 3.8) is 0 Å². The van der Waals surface area contributed by atoms with Crippen LogP contribution in [0.4, 0.5) is 0 Å². The van der Waals surface area contributed by atoms with E-state index in [1.807, 2.05) is 0 Å². The molecule has 3 N–H and O–H groups in total. The van der Waals surface area contributed by atoms with E-state index in [0.717, 1.165) is 0 Å². The Balaban J connectivity index is 5.39. The molecule has 0 radical (unpaired) electrons. The Morgan fingerprint density at radius 2 is 1.67 bits per heavy atom. The van der Waals surface area contributed by atoms with E-state index in [4.69, 9.17) is 15.2 Å². The highest BCUT2D eigenvalue weighted by molar-refractivity contribution is 6.18. The van der Waals surface area contributed by atoms with Crippen molar-refractivity contribution in [1.82, 2.24) is 0 Å². The number of ketones is 1. The predicted octanol–water partition coefficient (Wildman–Crippen LogP) is 1.07. The van der Waals surface area contributed by atoms with Crippen molar-refractivity contribution < 1.29 is 24.2 Å². The Morgan fingerprint density at radius 3 is 2.14 bits per heavy atom. The summed E-state index contributed by atoms with van der Waals surface area (Å²) in [4.78, 5) is 22.7. The van der Waals surface area contributed by atoms with Crippen LogP contribution in [0.5, 0.6) is 0 Å². The normalized spacial score (nSPS) is 13.5. The van der Waals surface area contributed by atoms with E-state index < -0.39 is 17.5 Å². The Kier molecular flexibility index (Phi) is 8.43. The summed E-state index contributed by atoms with van der Waals surface area (Å²) in [6.07, 6.45) is 0.118. The van der Waals surface area contributed by atoms with Crippen molar-refractivity contribution in [2.24, 2.45) is 15.9 Å². The number of rotatable bonds is 8. The van der Waals surface area contributed by atoms with Crippen molar-refractivity contribution in [1.29, 1.82) is 0 Å². The first-order chi connectivity index (χ1) is 9.83. The van der Waals surface area contributed by atoms with Crippen molar-refractivity contribution in [3.05, 3.63) is 11.5 Å². The molecule has 0 aromatic heterocycles. The van der Waals surface area contributed by atoms with Crippen LogP contribution in [0.15, 0.2) is 21.7 Å². The van der Waals surface area contributed by atoms with Gasteiger partial charge in [-0.25, -0.2) is 4.79 Å². The molecule has 8 nitrogen and oxygen atoms in total. The smallest absolute Gasteiger partial charge is 0.349 e. The average molecular weight is 299 g/mol. The highest BCUT2D eigenvalue weighted by atomic mass is 16.6. The van der Waals surface area contributed by atoms with Crippen LogP contribution in [-0.4, -0.2) is 41.6 Å². The zero-order valence-corrected chi connectivity index (χ0v) is 12.7. The molecule has 0 aliphatic rings. The second-order valence-corrected chi connectivity index (χ2v) is 4.03. The third-order valence-electron chi connectivity index (χ3n) is 2.06. The van der Waals surface area contributed by atoms with Crippen LogP contribution in [-0.2, 0) is 19.1 Å². The highest BCUT2D eigenvalue weighted by Crippen LogP contribution is 2.07. The Hall–Kier alpha value is -2.38. The molecule has 0 heterocycles.